The molecular formula is C33H38N4O3. The van der Waals surface area contributed by atoms with Crippen LogP contribution in [0.25, 0.3) is 0 Å². The summed E-state index contributed by atoms with van der Waals surface area (Å²) in [5.74, 6) is 0.371. The van der Waals surface area contributed by atoms with Gasteiger partial charge in [0.2, 0.25) is 0 Å². The van der Waals surface area contributed by atoms with E-state index < -0.39 is 5.60 Å². The Morgan fingerprint density at radius 2 is 1.60 bits per heavy atom. The van der Waals surface area contributed by atoms with Crippen LogP contribution >= 0.6 is 0 Å². The highest BCUT2D eigenvalue weighted by molar-refractivity contribution is 6.05. The third-order valence-corrected chi connectivity index (χ3v) is 7.94. The number of rotatable bonds is 8. The number of nitrogens with zero attached hydrogens (tertiary/aromatic N) is 3. The Balaban J connectivity index is 1.37. The van der Waals surface area contributed by atoms with Gasteiger partial charge in [-0.2, -0.15) is 0 Å². The zero-order valence-corrected chi connectivity index (χ0v) is 23.7. The number of benzene rings is 3. The number of aromatic nitrogens is 1. The average Bonchev–Trinajstić information content (AvgIpc) is 3.31. The van der Waals surface area contributed by atoms with Crippen molar-refractivity contribution in [1.82, 2.24) is 10.1 Å². The van der Waals surface area contributed by atoms with E-state index in [4.69, 9.17) is 4.52 Å². The minimum absolute atomic E-state index is 0.0828. The number of carbonyl (C=O) groups excluding carboxylic acids is 1. The van der Waals surface area contributed by atoms with Gasteiger partial charge >= 0.3 is 0 Å². The lowest BCUT2D eigenvalue weighted by Gasteiger charge is -2.43. The van der Waals surface area contributed by atoms with Gasteiger partial charge in [0.25, 0.3) is 5.91 Å². The van der Waals surface area contributed by atoms with Crippen LogP contribution in [0.1, 0.15) is 51.3 Å². The van der Waals surface area contributed by atoms with Gasteiger partial charge in [0.15, 0.2) is 0 Å². The number of anilines is 2. The summed E-state index contributed by atoms with van der Waals surface area (Å²) in [5, 5.41) is 19.2. The number of piperidine rings is 1. The van der Waals surface area contributed by atoms with Gasteiger partial charge < -0.3 is 24.7 Å². The first kappa shape index (κ1) is 27.6. The Labute approximate surface area is 236 Å². The maximum absolute atomic E-state index is 12.9. The van der Waals surface area contributed by atoms with E-state index in [1.807, 2.05) is 80.8 Å². The highest BCUT2D eigenvalue weighted by Crippen LogP contribution is 2.43. The quantitative estimate of drug-likeness (QED) is 0.297. The molecule has 7 nitrogen and oxygen atoms in total. The van der Waals surface area contributed by atoms with Crippen molar-refractivity contribution in [3.8, 4) is 0 Å². The predicted molar refractivity (Wildman–Crippen MR) is 159 cm³/mol. The first-order valence-electron chi connectivity index (χ1n) is 13.9. The summed E-state index contributed by atoms with van der Waals surface area (Å²) in [6.45, 7) is 5.92. The number of carbonyl (C=O) groups is 1. The van der Waals surface area contributed by atoms with Crippen LogP contribution < -0.4 is 10.2 Å². The van der Waals surface area contributed by atoms with Crippen molar-refractivity contribution in [2.75, 3.05) is 37.4 Å². The van der Waals surface area contributed by atoms with Crippen molar-refractivity contribution in [1.29, 1.82) is 0 Å². The van der Waals surface area contributed by atoms with Crippen molar-refractivity contribution in [2.45, 2.75) is 38.8 Å². The molecule has 0 atom stereocenters. The SMILES string of the molecule is Cc1noc(C)c1C(=O)Nc1ccc(N2CCC(C(O)(c3ccccc3)c3ccccc3)CC2)c(CN(C)C)c1. The van der Waals surface area contributed by atoms with E-state index in [-0.39, 0.29) is 11.8 Å². The molecule has 2 heterocycles. The number of hydrogen-bond donors (Lipinski definition) is 2. The Bertz CT molecular complexity index is 1380. The minimum atomic E-state index is -1.05. The summed E-state index contributed by atoms with van der Waals surface area (Å²) >= 11 is 0. The van der Waals surface area contributed by atoms with Gasteiger partial charge in [-0.3, -0.25) is 4.79 Å². The van der Waals surface area contributed by atoms with E-state index in [0.29, 0.717) is 17.0 Å². The molecule has 7 heteroatoms. The maximum Gasteiger partial charge on any atom is 0.261 e. The van der Waals surface area contributed by atoms with E-state index in [1.54, 1.807) is 13.8 Å². The lowest BCUT2D eigenvalue weighted by Crippen LogP contribution is -2.44. The average molecular weight is 539 g/mol. The smallest absolute Gasteiger partial charge is 0.261 e. The molecule has 0 unspecified atom stereocenters. The molecule has 5 rings (SSSR count). The fourth-order valence-corrected chi connectivity index (χ4v) is 6.00. The van der Waals surface area contributed by atoms with E-state index in [0.717, 1.165) is 60.5 Å². The van der Waals surface area contributed by atoms with Crippen LogP contribution in [0.15, 0.2) is 83.4 Å². The number of aliphatic hydroxyl groups is 1. The molecule has 1 aliphatic rings. The fraction of sp³-hybridized carbons (Fsp3) is 0.333. The topological polar surface area (TPSA) is 81.8 Å². The van der Waals surface area contributed by atoms with E-state index in [2.05, 4.69) is 32.4 Å². The van der Waals surface area contributed by atoms with E-state index in [1.165, 1.54) is 0 Å². The summed E-state index contributed by atoms with van der Waals surface area (Å²) in [6, 6.07) is 26.2. The Hall–Kier alpha value is -3.94. The van der Waals surface area contributed by atoms with Crippen LogP contribution in [0.2, 0.25) is 0 Å². The molecular weight excluding hydrogens is 500 g/mol. The largest absolute Gasteiger partial charge is 0.380 e. The van der Waals surface area contributed by atoms with Crippen molar-refractivity contribution < 1.29 is 14.4 Å². The van der Waals surface area contributed by atoms with Crippen molar-refractivity contribution in [2.24, 2.45) is 5.92 Å². The first-order valence-corrected chi connectivity index (χ1v) is 13.9. The second kappa shape index (κ2) is 11.7. The van der Waals surface area contributed by atoms with E-state index in [9.17, 15) is 9.90 Å². The molecule has 1 aromatic heterocycles. The summed E-state index contributed by atoms with van der Waals surface area (Å²) in [6.07, 6.45) is 1.71. The maximum atomic E-state index is 12.9. The van der Waals surface area contributed by atoms with Crippen LogP contribution in [0.3, 0.4) is 0 Å². The van der Waals surface area contributed by atoms with Gasteiger partial charge in [0, 0.05) is 31.0 Å². The molecule has 3 aromatic carbocycles. The van der Waals surface area contributed by atoms with Gasteiger partial charge in [0.05, 0.1) is 5.69 Å². The van der Waals surface area contributed by atoms with Gasteiger partial charge in [-0.25, -0.2) is 0 Å². The molecule has 0 spiro atoms. The summed E-state index contributed by atoms with van der Waals surface area (Å²) in [4.78, 5) is 17.5. The number of aryl methyl sites for hydroxylation is 2. The molecule has 1 saturated heterocycles. The van der Waals surface area contributed by atoms with Crippen molar-refractivity contribution in [3.63, 3.8) is 0 Å². The highest BCUT2D eigenvalue weighted by atomic mass is 16.5. The van der Waals surface area contributed by atoms with E-state index >= 15 is 0 Å². The van der Waals surface area contributed by atoms with Gasteiger partial charge in [-0.15, -0.1) is 0 Å². The van der Waals surface area contributed by atoms with Crippen LogP contribution in [-0.4, -0.2) is 48.3 Å². The molecule has 2 N–H and O–H groups in total. The lowest BCUT2D eigenvalue weighted by molar-refractivity contribution is 0.00504. The number of amides is 1. The number of nitrogens with one attached hydrogen (secondary N) is 1. The molecule has 1 fully saturated rings. The lowest BCUT2D eigenvalue weighted by atomic mass is 9.72. The third kappa shape index (κ3) is 5.53. The molecule has 1 amide bonds. The molecule has 4 aromatic rings. The van der Waals surface area contributed by atoms with Crippen LogP contribution in [-0.2, 0) is 12.1 Å². The molecule has 0 saturated carbocycles. The standard InChI is InChI=1S/C33H38N4O3/c1-23-31(24(2)40-35-23)32(38)34-29-15-16-30(25(21-29)22-36(3)4)37-19-17-28(18-20-37)33(39,26-11-7-5-8-12-26)27-13-9-6-10-14-27/h5-16,21,28,39H,17-20,22H2,1-4H3,(H,34,38). The number of hydrogen-bond acceptors (Lipinski definition) is 6. The summed E-state index contributed by atoms with van der Waals surface area (Å²) in [7, 11) is 4.09. The molecule has 208 valence electrons. The van der Waals surface area contributed by atoms with Crippen LogP contribution in [0, 0.1) is 19.8 Å². The second-order valence-electron chi connectivity index (χ2n) is 11.0. The normalized spacial score (nSPS) is 14.5. The zero-order chi connectivity index (χ0) is 28.3. The van der Waals surface area contributed by atoms with Crippen molar-refractivity contribution >= 4 is 17.3 Å². The monoisotopic (exact) mass is 538 g/mol. The van der Waals surface area contributed by atoms with Gasteiger partial charge in [-0.1, -0.05) is 65.8 Å². The van der Waals surface area contributed by atoms with Crippen LogP contribution in [0.4, 0.5) is 11.4 Å². The Morgan fingerprint density at radius 1 is 1.00 bits per heavy atom. The molecule has 1 aliphatic heterocycles. The molecule has 0 aliphatic carbocycles. The van der Waals surface area contributed by atoms with Crippen molar-refractivity contribution in [3.05, 3.63) is 113 Å². The molecule has 0 radical (unpaired) electrons. The molecule has 40 heavy (non-hydrogen) atoms. The Kier molecular flexibility index (Phi) is 8.05. The predicted octanol–water partition coefficient (Wildman–Crippen LogP) is 5.76. The second-order valence-corrected chi connectivity index (χ2v) is 11.0. The minimum Gasteiger partial charge on any atom is -0.380 e. The Morgan fingerprint density at radius 3 is 2.12 bits per heavy atom. The highest BCUT2D eigenvalue weighted by Gasteiger charge is 2.41. The fourth-order valence-electron chi connectivity index (χ4n) is 6.00. The summed E-state index contributed by atoms with van der Waals surface area (Å²) < 4.78 is 5.18. The van der Waals surface area contributed by atoms with Gasteiger partial charge in [0.1, 0.15) is 16.9 Å². The van der Waals surface area contributed by atoms with Crippen LogP contribution in [0.5, 0.6) is 0 Å². The van der Waals surface area contributed by atoms with Gasteiger partial charge in [-0.05, 0) is 81.6 Å². The molecule has 0 bridgehead atoms. The first-order chi connectivity index (χ1) is 19.3. The zero-order valence-electron chi connectivity index (χ0n) is 23.7. The summed E-state index contributed by atoms with van der Waals surface area (Å²) in [5.41, 5.74) is 4.92. The third-order valence-electron chi connectivity index (χ3n) is 7.94.